The zero-order valence-corrected chi connectivity index (χ0v) is 25.3. The van der Waals surface area contributed by atoms with E-state index in [-0.39, 0.29) is 29.7 Å². The van der Waals surface area contributed by atoms with Crippen LogP contribution in [0.4, 0.5) is 29.7 Å². The van der Waals surface area contributed by atoms with Gasteiger partial charge in [-0.15, -0.1) is 9.78 Å². The van der Waals surface area contributed by atoms with E-state index in [4.69, 9.17) is 19.3 Å². The van der Waals surface area contributed by atoms with Crippen molar-refractivity contribution >= 4 is 53.0 Å². The minimum absolute atomic E-state index is 0.0947. The maximum Gasteiger partial charge on any atom is 0.469 e. The first-order chi connectivity index (χ1) is 20.6. The molecule has 3 N–H and O–H groups in total. The Balaban J connectivity index is 1.43. The standard InChI is InChI=1S/C23H33F3N7O9PS/c1-15-14-32(7-8-40-15)20-18-13-27-21(30-19(18)33(31-20)22(34)41-9-10-42-43(35,36)37)29-17-4-2-16(3-5-17)12-28-44(38,39)11-6-23(24,25)26/h12-13,15-17H,2-11,14H2,1H3,(H,27,29,30)(H2,35,36,37)/t15-,16?,17?/m0/s1. The average Bonchev–Trinajstić information content (AvgIpc) is 3.32. The Morgan fingerprint density at radius 1 is 1.27 bits per heavy atom. The van der Waals surface area contributed by atoms with E-state index in [9.17, 15) is 30.9 Å². The summed E-state index contributed by atoms with van der Waals surface area (Å²) in [5, 5.41) is 8.05. The fourth-order valence-corrected chi connectivity index (χ4v) is 6.01. The quantitative estimate of drug-likeness (QED) is 0.178. The number of ether oxygens (including phenoxy) is 2. The third-order valence-corrected chi connectivity index (χ3v) is 8.55. The summed E-state index contributed by atoms with van der Waals surface area (Å²) in [6, 6.07) is -0.119. The van der Waals surface area contributed by atoms with E-state index < -0.39 is 55.5 Å². The van der Waals surface area contributed by atoms with Gasteiger partial charge in [0.05, 0.1) is 36.9 Å². The van der Waals surface area contributed by atoms with Crippen molar-refractivity contribution in [3.05, 3.63) is 6.20 Å². The first kappa shape index (κ1) is 34.0. The molecule has 246 valence electrons. The Kier molecular flexibility index (Phi) is 10.8. The average molecular weight is 672 g/mol. The van der Waals surface area contributed by atoms with Crippen LogP contribution in [0.25, 0.3) is 11.0 Å². The van der Waals surface area contributed by atoms with E-state index in [0.717, 1.165) is 4.68 Å². The monoisotopic (exact) mass is 671 g/mol. The first-order valence-electron chi connectivity index (χ1n) is 13.7. The third kappa shape index (κ3) is 10.1. The number of morpholine rings is 1. The SMILES string of the molecule is C[C@H]1CN(c2nn(C(=O)OCCOP(=O)(O)O)c3nc(NC4CCC(C=NS(=O)(=O)CCC(F)(F)F)CC4)ncc23)CCO1. The molecule has 0 amide bonds. The Labute approximate surface area is 250 Å². The number of carbonyl (C=O) groups excluding carboxylic acids is 1. The molecular formula is C23H33F3N7O9PS. The third-order valence-electron chi connectivity index (χ3n) is 6.87. The molecule has 2 aromatic rings. The van der Waals surface area contributed by atoms with E-state index >= 15 is 0 Å². The van der Waals surface area contributed by atoms with E-state index in [1.165, 1.54) is 12.4 Å². The van der Waals surface area contributed by atoms with Gasteiger partial charge < -0.3 is 29.5 Å². The molecule has 1 atom stereocenters. The van der Waals surface area contributed by atoms with Crippen molar-refractivity contribution in [2.24, 2.45) is 10.3 Å². The van der Waals surface area contributed by atoms with Gasteiger partial charge in [-0.05, 0) is 38.5 Å². The van der Waals surface area contributed by atoms with E-state index in [1.807, 2.05) is 11.8 Å². The van der Waals surface area contributed by atoms with Crippen LogP contribution in [0.15, 0.2) is 10.6 Å². The highest BCUT2D eigenvalue weighted by Crippen LogP contribution is 2.35. The van der Waals surface area contributed by atoms with Gasteiger partial charge in [-0.3, -0.25) is 4.52 Å². The molecule has 3 heterocycles. The molecule has 0 radical (unpaired) electrons. The van der Waals surface area contributed by atoms with Crippen LogP contribution < -0.4 is 10.2 Å². The predicted molar refractivity (Wildman–Crippen MR) is 150 cm³/mol. The van der Waals surface area contributed by atoms with Gasteiger partial charge >= 0.3 is 20.1 Å². The first-order valence-corrected chi connectivity index (χ1v) is 16.8. The lowest BCUT2D eigenvalue weighted by molar-refractivity contribution is -0.129. The molecule has 1 saturated carbocycles. The Hall–Kier alpha value is -2.90. The van der Waals surface area contributed by atoms with Crippen LogP contribution in [0, 0.1) is 5.92 Å². The number of anilines is 2. The number of nitrogens with zero attached hydrogens (tertiary/aromatic N) is 6. The lowest BCUT2D eigenvalue weighted by atomic mass is 9.87. The number of hydrogen-bond acceptors (Lipinski definition) is 12. The topological polar surface area (TPSA) is 208 Å². The summed E-state index contributed by atoms with van der Waals surface area (Å²) in [6.45, 7) is 2.32. The normalized spacial score (nSPS) is 22.0. The highest BCUT2D eigenvalue weighted by molar-refractivity contribution is 7.90. The molecule has 1 saturated heterocycles. The zero-order chi connectivity index (χ0) is 32.1. The molecule has 4 rings (SSSR count). The van der Waals surface area contributed by atoms with Crippen LogP contribution >= 0.6 is 7.82 Å². The minimum atomic E-state index is -4.74. The fraction of sp³-hybridized carbons (Fsp3) is 0.696. The molecule has 0 bridgehead atoms. The number of hydrogen-bond donors (Lipinski definition) is 3. The molecule has 0 aromatic carbocycles. The van der Waals surface area contributed by atoms with Gasteiger partial charge in [0.25, 0.3) is 10.0 Å². The number of sulfonamides is 1. The van der Waals surface area contributed by atoms with Crippen LogP contribution in [-0.2, 0) is 28.6 Å². The summed E-state index contributed by atoms with van der Waals surface area (Å²) in [6.07, 6.45) is -2.18. The summed E-state index contributed by atoms with van der Waals surface area (Å²) in [5.41, 5.74) is 0.127. The largest absolute Gasteiger partial charge is 0.469 e. The number of carbonyl (C=O) groups is 1. The van der Waals surface area contributed by atoms with Gasteiger partial charge in [0.1, 0.15) is 6.61 Å². The molecule has 2 aromatic heterocycles. The van der Waals surface area contributed by atoms with E-state index in [1.54, 1.807) is 0 Å². The van der Waals surface area contributed by atoms with Gasteiger partial charge in [-0.2, -0.15) is 22.6 Å². The van der Waals surface area contributed by atoms with Crippen molar-refractivity contribution in [1.82, 2.24) is 19.7 Å². The second kappa shape index (κ2) is 14.0. The Morgan fingerprint density at radius 2 is 2.00 bits per heavy atom. The molecule has 2 aliphatic rings. The Morgan fingerprint density at radius 3 is 2.66 bits per heavy atom. The van der Waals surface area contributed by atoms with Crippen LogP contribution in [0.2, 0.25) is 0 Å². The van der Waals surface area contributed by atoms with Gasteiger partial charge in [0.15, 0.2) is 11.5 Å². The molecule has 16 nitrogen and oxygen atoms in total. The minimum Gasteiger partial charge on any atom is -0.445 e. The maximum absolute atomic E-state index is 12.9. The van der Waals surface area contributed by atoms with Gasteiger partial charge in [-0.1, -0.05) is 0 Å². The van der Waals surface area contributed by atoms with Crippen molar-refractivity contribution in [2.75, 3.05) is 48.9 Å². The predicted octanol–water partition coefficient (Wildman–Crippen LogP) is 2.47. The van der Waals surface area contributed by atoms with Gasteiger partial charge in [-0.25, -0.2) is 22.8 Å². The second-order valence-electron chi connectivity index (χ2n) is 10.4. The highest BCUT2D eigenvalue weighted by atomic mass is 32.2. The van der Waals surface area contributed by atoms with Gasteiger partial charge in [0.2, 0.25) is 5.95 Å². The van der Waals surface area contributed by atoms with Crippen LogP contribution in [0.3, 0.4) is 0 Å². The lowest BCUT2D eigenvalue weighted by Crippen LogP contribution is -2.41. The number of aromatic nitrogens is 4. The summed E-state index contributed by atoms with van der Waals surface area (Å²) in [7, 11) is -8.95. The van der Waals surface area contributed by atoms with Crippen molar-refractivity contribution in [3.8, 4) is 0 Å². The number of alkyl halides is 3. The molecule has 0 spiro atoms. The summed E-state index contributed by atoms with van der Waals surface area (Å²) in [4.78, 5) is 41.3. The summed E-state index contributed by atoms with van der Waals surface area (Å²) in [5.74, 6) is -0.706. The van der Waals surface area contributed by atoms with Crippen molar-refractivity contribution in [2.45, 2.75) is 57.3 Å². The second-order valence-corrected chi connectivity index (χ2v) is 13.4. The zero-order valence-electron chi connectivity index (χ0n) is 23.6. The molecule has 2 fully saturated rings. The van der Waals surface area contributed by atoms with Crippen LogP contribution in [0.1, 0.15) is 39.0 Å². The fourth-order valence-electron chi connectivity index (χ4n) is 4.75. The smallest absolute Gasteiger partial charge is 0.445 e. The molecular weight excluding hydrogens is 638 g/mol. The molecule has 21 heteroatoms. The van der Waals surface area contributed by atoms with Crippen molar-refractivity contribution in [3.63, 3.8) is 0 Å². The number of phosphoric acid groups is 1. The number of fused-ring (bicyclic) bond motifs is 1. The lowest BCUT2D eigenvalue weighted by Gasteiger charge is -2.31. The number of phosphoric ester groups is 1. The Bertz CT molecular complexity index is 1490. The molecule has 0 unspecified atom stereocenters. The summed E-state index contributed by atoms with van der Waals surface area (Å²) >= 11 is 0. The number of halogens is 3. The number of rotatable bonds is 11. The number of nitrogens with one attached hydrogen (secondary N) is 1. The highest BCUT2D eigenvalue weighted by Gasteiger charge is 2.30. The van der Waals surface area contributed by atoms with E-state index in [0.29, 0.717) is 56.6 Å². The van der Waals surface area contributed by atoms with Crippen molar-refractivity contribution in [1.29, 1.82) is 0 Å². The molecule has 1 aliphatic carbocycles. The van der Waals surface area contributed by atoms with Crippen LogP contribution in [0.5, 0.6) is 0 Å². The molecule has 44 heavy (non-hydrogen) atoms. The van der Waals surface area contributed by atoms with Crippen molar-refractivity contribution < 1.29 is 54.7 Å². The van der Waals surface area contributed by atoms with Gasteiger partial charge in [0, 0.05) is 31.5 Å². The van der Waals surface area contributed by atoms with E-state index in [2.05, 4.69) is 29.3 Å². The molecule has 1 aliphatic heterocycles. The summed E-state index contributed by atoms with van der Waals surface area (Å²) < 4.78 is 90.9. The maximum atomic E-state index is 12.9. The van der Waals surface area contributed by atoms with Crippen LogP contribution in [-0.4, -0.2) is 107 Å².